The summed E-state index contributed by atoms with van der Waals surface area (Å²) in [7, 11) is 0. The number of nitriles is 1. The lowest BCUT2D eigenvalue weighted by atomic mass is 10.1. The van der Waals surface area contributed by atoms with Gasteiger partial charge in [0.05, 0.1) is 12.2 Å². The predicted molar refractivity (Wildman–Crippen MR) is 75.5 cm³/mol. The molecule has 5 heteroatoms. The first-order valence-electron chi connectivity index (χ1n) is 7.03. The van der Waals surface area contributed by atoms with E-state index in [0.717, 1.165) is 30.5 Å². The fraction of sp³-hybridized carbons (Fsp3) is 0.533. The Morgan fingerprint density at radius 2 is 2.30 bits per heavy atom. The topological polar surface area (TPSA) is 66.2 Å². The van der Waals surface area contributed by atoms with Gasteiger partial charge in [-0.05, 0) is 44.7 Å². The number of likely N-dealkylation sites (N-methyl/N-ethyl adjacent to an activating group) is 1. The van der Waals surface area contributed by atoms with Crippen LogP contribution in [0.3, 0.4) is 0 Å². The average Bonchev–Trinajstić information content (AvgIpc) is 2.90. The van der Waals surface area contributed by atoms with Crippen LogP contribution in [0.25, 0.3) is 0 Å². The van der Waals surface area contributed by atoms with Gasteiger partial charge in [0.25, 0.3) is 0 Å². The first-order chi connectivity index (χ1) is 9.69. The van der Waals surface area contributed by atoms with Crippen molar-refractivity contribution in [3.63, 3.8) is 0 Å². The van der Waals surface area contributed by atoms with Crippen LogP contribution in [0, 0.1) is 11.3 Å². The molecule has 20 heavy (non-hydrogen) atoms. The third-order valence-electron chi connectivity index (χ3n) is 3.46. The number of rotatable bonds is 5. The minimum atomic E-state index is -0.291. The number of nitrogens with zero attached hydrogens (tertiary/aromatic N) is 3. The molecule has 5 nitrogen and oxygen atoms in total. The van der Waals surface area contributed by atoms with Crippen molar-refractivity contribution in [2.75, 3.05) is 24.6 Å². The number of aryl methyl sites for hydroxylation is 2. The smallest absolute Gasteiger partial charge is 0.325 e. The van der Waals surface area contributed by atoms with E-state index in [1.54, 1.807) is 11.8 Å². The zero-order chi connectivity index (χ0) is 14.5. The molecule has 1 aromatic rings. The predicted octanol–water partition coefficient (Wildman–Crippen LogP) is 1.83. The van der Waals surface area contributed by atoms with Crippen molar-refractivity contribution in [2.45, 2.75) is 33.1 Å². The Kier molecular flexibility index (Phi) is 4.57. The highest BCUT2D eigenvalue weighted by Gasteiger charge is 2.21. The minimum absolute atomic E-state index is 0.130. The Hall–Kier alpha value is -2.09. The standard InChI is InChI=1S/C15H19N3O2/c1-3-18(10-14(19)20-4-2)15-12(9-16)8-11-6-5-7-13(11)17-15/h8H,3-7,10H2,1-2H3. The number of hydrogen-bond acceptors (Lipinski definition) is 5. The molecule has 0 fully saturated rings. The Balaban J connectivity index is 2.29. The van der Waals surface area contributed by atoms with Crippen LogP contribution >= 0.6 is 0 Å². The molecule has 0 aromatic carbocycles. The normalized spacial score (nSPS) is 12.7. The second kappa shape index (κ2) is 6.38. The summed E-state index contributed by atoms with van der Waals surface area (Å²) in [4.78, 5) is 18.0. The Morgan fingerprint density at radius 1 is 1.50 bits per heavy atom. The number of anilines is 1. The molecule has 0 amide bonds. The summed E-state index contributed by atoms with van der Waals surface area (Å²) in [6, 6.07) is 4.10. The quantitative estimate of drug-likeness (QED) is 0.766. The van der Waals surface area contributed by atoms with Crippen molar-refractivity contribution in [3.05, 3.63) is 22.9 Å². The fourth-order valence-corrected chi connectivity index (χ4v) is 2.48. The van der Waals surface area contributed by atoms with Crippen molar-refractivity contribution in [1.29, 1.82) is 5.26 Å². The molecule has 0 unspecified atom stereocenters. The third kappa shape index (κ3) is 2.90. The molecule has 1 aliphatic rings. The van der Waals surface area contributed by atoms with Crippen molar-refractivity contribution >= 4 is 11.8 Å². The number of carbonyl (C=O) groups is 1. The summed E-state index contributed by atoms with van der Waals surface area (Å²) < 4.78 is 4.97. The largest absolute Gasteiger partial charge is 0.465 e. The van der Waals surface area contributed by atoms with Crippen molar-refractivity contribution < 1.29 is 9.53 Å². The van der Waals surface area contributed by atoms with E-state index in [1.165, 1.54) is 0 Å². The lowest BCUT2D eigenvalue weighted by molar-refractivity contribution is -0.141. The van der Waals surface area contributed by atoms with Crippen molar-refractivity contribution in [3.8, 4) is 6.07 Å². The van der Waals surface area contributed by atoms with Crippen LogP contribution in [0.15, 0.2) is 6.07 Å². The number of aromatic nitrogens is 1. The summed E-state index contributed by atoms with van der Waals surface area (Å²) in [6.07, 6.45) is 3.02. The van der Waals surface area contributed by atoms with Crippen LogP contribution < -0.4 is 4.90 Å². The maximum Gasteiger partial charge on any atom is 0.325 e. The highest BCUT2D eigenvalue weighted by atomic mass is 16.5. The highest BCUT2D eigenvalue weighted by Crippen LogP contribution is 2.26. The van der Waals surface area contributed by atoms with Crippen molar-refractivity contribution in [1.82, 2.24) is 4.98 Å². The molecule has 1 aliphatic carbocycles. The summed E-state index contributed by atoms with van der Waals surface area (Å²) in [6.45, 7) is 4.82. The third-order valence-corrected chi connectivity index (χ3v) is 3.46. The van der Waals surface area contributed by atoms with E-state index in [2.05, 4.69) is 11.1 Å². The minimum Gasteiger partial charge on any atom is -0.465 e. The average molecular weight is 273 g/mol. The zero-order valence-electron chi connectivity index (χ0n) is 12.0. The van der Waals surface area contributed by atoms with Crippen molar-refractivity contribution in [2.24, 2.45) is 0 Å². The number of ether oxygens (including phenoxy) is 1. The zero-order valence-corrected chi connectivity index (χ0v) is 12.0. The molecule has 0 spiro atoms. The van der Waals surface area contributed by atoms with Crippen LogP contribution in [-0.2, 0) is 22.4 Å². The first-order valence-corrected chi connectivity index (χ1v) is 7.03. The second-order valence-corrected chi connectivity index (χ2v) is 4.75. The lowest BCUT2D eigenvalue weighted by Gasteiger charge is -2.22. The SMILES string of the molecule is CCOC(=O)CN(CC)c1nc2c(cc1C#N)CCC2. The van der Waals surface area contributed by atoms with Crippen LogP contribution in [0.1, 0.15) is 37.1 Å². The van der Waals surface area contributed by atoms with Gasteiger partial charge >= 0.3 is 5.97 Å². The molecular weight excluding hydrogens is 254 g/mol. The number of fused-ring (bicyclic) bond motifs is 1. The Bertz CT molecular complexity index is 549. The van der Waals surface area contributed by atoms with Crippen LogP contribution in [-0.4, -0.2) is 30.6 Å². The van der Waals surface area contributed by atoms with E-state index in [-0.39, 0.29) is 12.5 Å². The summed E-state index contributed by atoms with van der Waals surface area (Å²) in [5, 5.41) is 9.30. The van der Waals surface area contributed by atoms with E-state index in [1.807, 2.05) is 13.0 Å². The molecule has 0 N–H and O–H groups in total. The number of pyridine rings is 1. The van der Waals surface area contributed by atoms with Gasteiger partial charge in [-0.25, -0.2) is 4.98 Å². The van der Waals surface area contributed by atoms with Crippen LogP contribution in [0.4, 0.5) is 5.82 Å². The van der Waals surface area contributed by atoms with Gasteiger partial charge in [-0.2, -0.15) is 5.26 Å². The van der Waals surface area contributed by atoms with Gasteiger partial charge in [-0.15, -0.1) is 0 Å². The molecule has 0 bridgehead atoms. The fourth-order valence-electron chi connectivity index (χ4n) is 2.48. The summed E-state index contributed by atoms with van der Waals surface area (Å²) >= 11 is 0. The van der Waals surface area contributed by atoms with E-state index in [9.17, 15) is 10.1 Å². The van der Waals surface area contributed by atoms with Crippen LogP contribution in [0.2, 0.25) is 0 Å². The van der Waals surface area contributed by atoms with Gasteiger partial charge < -0.3 is 9.64 Å². The summed E-state index contributed by atoms with van der Waals surface area (Å²) in [5.41, 5.74) is 2.76. The van der Waals surface area contributed by atoms with E-state index in [0.29, 0.717) is 24.5 Å². The molecule has 106 valence electrons. The lowest BCUT2D eigenvalue weighted by Crippen LogP contribution is -2.32. The maximum absolute atomic E-state index is 11.6. The van der Waals surface area contributed by atoms with Gasteiger partial charge in [0.2, 0.25) is 0 Å². The van der Waals surface area contributed by atoms with Gasteiger partial charge in [0, 0.05) is 12.2 Å². The van der Waals surface area contributed by atoms with Gasteiger partial charge in [-0.1, -0.05) is 0 Å². The summed E-state index contributed by atoms with van der Waals surface area (Å²) in [5.74, 6) is 0.309. The molecule has 0 aliphatic heterocycles. The number of esters is 1. The molecule has 0 saturated heterocycles. The van der Waals surface area contributed by atoms with Gasteiger partial charge in [0.1, 0.15) is 18.4 Å². The van der Waals surface area contributed by atoms with Gasteiger partial charge in [0.15, 0.2) is 0 Å². The molecule has 0 radical (unpaired) electrons. The molecular formula is C15H19N3O2. The second-order valence-electron chi connectivity index (χ2n) is 4.75. The molecule has 0 saturated carbocycles. The van der Waals surface area contributed by atoms with E-state index >= 15 is 0 Å². The van der Waals surface area contributed by atoms with Crippen LogP contribution in [0.5, 0.6) is 0 Å². The molecule has 2 rings (SSSR count). The Labute approximate surface area is 119 Å². The van der Waals surface area contributed by atoms with E-state index in [4.69, 9.17) is 4.74 Å². The Morgan fingerprint density at radius 3 is 2.95 bits per heavy atom. The molecule has 0 atom stereocenters. The maximum atomic E-state index is 11.6. The monoisotopic (exact) mass is 273 g/mol. The highest BCUT2D eigenvalue weighted by molar-refractivity contribution is 5.76. The number of carbonyl (C=O) groups excluding carboxylic acids is 1. The molecule has 1 aromatic heterocycles. The first kappa shape index (κ1) is 14.3. The number of hydrogen-bond donors (Lipinski definition) is 0. The van der Waals surface area contributed by atoms with E-state index < -0.39 is 0 Å². The van der Waals surface area contributed by atoms with Gasteiger partial charge in [-0.3, -0.25) is 4.79 Å². The molecule has 1 heterocycles.